The fraction of sp³-hybridized carbons (Fsp3) is 0.647. The summed E-state index contributed by atoms with van der Waals surface area (Å²) in [4.78, 5) is 18.8. The first kappa shape index (κ1) is 13.1. The van der Waals surface area contributed by atoms with Gasteiger partial charge in [0.2, 0.25) is 0 Å². The summed E-state index contributed by atoms with van der Waals surface area (Å²) in [5.41, 5.74) is 1.06. The summed E-state index contributed by atoms with van der Waals surface area (Å²) in [6, 6.07) is 4.52. The molecule has 2 unspecified atom stereocenters. The van der Waals surface area contributed by atoms with Gasteiger partial charge in [-0.3, -0.25) is 4.98 Å². The van der Waals surface area contributed by atoms with Gasteiger partial charge in [0.05, 0.1) is 0 Å². The Morgan fingerprint density at radius 1 is 1.19 bits per heavy atom. The van der Waals surface area contributed by atoms with E-state index in [1.54, 1.807) is 6.20 Å². The molecule has 0 radical (unpaired) electrons. The van der Waals surface area contributed by atoms with Crippen molar-refractivity contribution in [1.29, 1.82) is 0 Å². The Morgan fingerprint density at radius 3 is 2.67 bits per heavy atom. The predicted octanol–water partition coefficient (Wildman–Crippen LogP) is 2.80. The highest BCUT2D eigenvalue weighted by Crippen LogP contribution is 2.47. The molecule has 112 valence electrons. The molecule has 2 aliphatic carbocycles. The number of pyridine rings is 1. The summed E-state index contributed by atoms with van der Waals surface area (Å²) in [7, 11) is 0. The van der Waals surface area contributed by atoms with E-state index in [-0.39, 0.29) is 6.03 Å². The van der Waals surface area contributed by atoms with Crippen molar-refractivity contribution < 1.29 is 4.79 Å². The molecule has 1 aromatic rings. The van der Waals surface area contributed by atoms with Crippen molar-refractivity contribution in [2.75, 3.05) is 6.54 Å². The lowest BCUT2D eigenvalue weighted by atomic mass is 9.68. The highest BCUT2D eigenvalue weighted by atomic mass is 16.2. The van der Waals surface area contributed by atoms with Crippen LogP contribution in [-0.2, 0) is 6.54 Å². The quantitative estimate of drug-likeness (QED) is 0.908. The number of nitrogens with one attached hydrogen (secondary N) is 1. The second-order valence-corrected chi connectivity index (χ2v) is 7.10. The van der Waals surface area contributed by atoms with E-state index in [2.05, 4.69) is 15.2 Å². The van der Waals surface area contributed by atoms with Crippen molar-refractivity contribution >= 4 is 6.03 Å². The van der Waals surface area contributed by atoms with Crippen molar-refractivity contribution in [3.63, 3.8) is 0 Å². The van der Waals surface area contributed by atoms with E-state index in [1.807, 2.05) is 18.3 Å². The predicted molar refractivity (Wildman–Crippen MR) is 80.5 cm³/mol. The van der Waals surface area contributed by atoms with Crippen LogP contribution in [0.2, 0.25) is 0 Å². The second kappa shape index (κ2) is 5.32. The van der Waals surface area contributed by atoms with E-state index in [1.165, 1.54) is 32.1 Å². The Balaban J connectivity index is 1.42. The second-order valence-electron chi connectivity index (χ2n) is 7.10. The molecular formula is C17H23N3O. The van der Waals surface area contributed by atoms with Crippen LogP contribution in [-0.4, -0.2) is 28.5 Å². The smallest absolute Gasteiger partial charge is 0.317 e. The highest BCUT2D eigenvalue weighted by Gasteiger charge is 2.43. The topological polar surface area (TPSA) is 45.2 Å². The van der Waals surface area contributed by atoms with E-state index in [0.29, 0.717) is 12.6 Å². The highest BCUT2D eigenvalue weighted by molar-refractivity contribution is 5.74. The number of rotatable bonds is 2. The SMILES string of the molecule is O=C(NCc1cccnc1)N1CC2C[C@@H]3CC1C[C@H](C2)C3. The molecule has 1 aromatic heterocycles. The maximum Gasteiger partial charge on any atom is 0.317 e. The lowest BCUT2D eigenvalue weighted by Gasteiger charge is -2.38. The van der Waals surface area contributed by atoms with Crippen LogP contribution in [0.5, 0.6) is 0 Å². The number of hydrogen-bond donors (Lipinski definition) is 1. The normalized spacial score (nSPS) is 33.8. The largest absolute Gasteiger partial charge is 0.334 e. The lowest BCUT2D eigenvalue weighted by molar-refractivity contribution is 0.131. The molecule has 4 nitrogen and oxygen atoms in total. The third kappa shape index (κ3) is 2.63. The van der Waals surface area contributed by atoms with Crippen molar-refractivity contribution in [2.24, 2.45) is 17.8 Å². The van der Waals surface area contributed by atoms with Gasteiger partial charge in [-0.1, -0.05) is 6.07 Å². The minimum atomic E-state index is 0.122. The molecule has 4 fully saturated rings. The molecule has 4 bridgehead atoms. The number of carbonyl (C=O) groups is 1. The maximum absolute atomic E-state index is 12.6. The van der Waals surface area contributed by atoms with Gasteiger partial charge in [-0.25, -0.2) is 4.79 Å². The van der Waals surface area contributed by atoms with Gasteiger partial charge in [0.25, 0.3) is 0 Å². The van der Waals surface area contributed by atoms with E-state index < -0.39 is 0 Å². The Labute approximate surface area is 125 Å². The molecule has 0 aromatic carbocycles. The molecule has 2 saturated heterocycles. The van der Waals surface area contributed by atoms with Gasteiger partial charge in [-0.2, -0.15) is 0 Å². The van der Waals surface area contributed by atoms with Gasteiger partial charge in [0, 0.05) is 31.5 Å². The van der Waals surface area contributed by atoms with Gasteiger partial charge in [-0.05, 0) is 61.5 Å². The number of carbonyl (C=O) groups excluding carboxylic acids is 1. The number of amides is 2. The summed E-state index contributed by atoms with van der Waals surface area (Å²) in [5, 5.41) is 3.09. The van der Waals surface area contributed by atoms with Crippen LogP contribution >= 0.6 is 0 Å². The number of aromatic nitrogens is 1. The lowest BCUT2D eigenvalue weighted by Crippen LogP contribution is -2.47. The molecular weight excluding hydrogens is 262 g/mol. The fourth-order valence-corrected chi connectivity index (χ4v) is 4.82. The molecule has 3 heterocycles. The Morgan fingerprint density at radius 2 is 1.95 bits per heavy atom. The Kier molecular flexibility index (Phi) is 3.32. The van der Waals surface area contributed by atoms with Crippen LogP contribution in [0.1, 0.15) is 37.7 Å². The summed E-state index contributed by atoms with van der Waals surface area (Å²) < 4.78 is 0. The zero-order chi connectivity index (χ0) is 14.2. The van der Waals surface area contributed by atoms with Crippen LogP contribution in [0.4, 0.5) is 4.79 Å². The van der Waals surface area contributed by atoms with Crippen molar-refractivity contribution in [2.45, 2.75) is 44.7 Å². The molecule has 2 amide bonds. The van der Waals surface area contributed by atoms with Crippen molar-refractivity contribution in [1.82, 2.24) is 15.2 Å². The Hall–Kier alpha value is -1.58. The van der Waals surface area contributed by atoms with Crippen molar-refractivity contribution in [3.8, 4) is 0 Å². The minimum Gasteiger partial charge on any atom is -0.334 e. The fourth-order valence-electron chi connectivity index (χ4n) is 4.82. The molecule has 2 saturated carbocycles. The first-order valence-electron chi connectivity index (χ1n) is 8.21. The van der Waals surface area contributed by atoms with Gasteiger partial charge in [-0.15, -0.1) is 0 Å². The van der Waals surface area contributed by atoms with Gasteiger partial charge in [0.15, 0.2) is 0 Å². The number of nitrogens with zero attached hydrogens (tertiary/aromatic N) is 2. The van der Waals surface area contributed by atoms with Crippen LogP contribution in [0.3, 0.4) is 0 Å². The molecule has 4 atom stereocenters. The molecule has 5 rings (SSSR count). The zero-order valence-corrected chi connectivity index (χ0v) is 12.4. The van der Waals surface area contributed by atoms with Gasteiger partial charge >= 0.3 is 6.03 Å². The molecule has 2 aliphatic heterocycles. The van der Waals surface area contributed by atoms with E-state index in [0.717, 1.165) is 29.9 Å². The molecule has 0 spiro atoms. The van der Waals surface area contributed by atoms with E-state index in [4.69, 9.17) is 0 Å². The third-order valence-corrected chi connectivity index (χ3v) is 5.53. The molecule has 4 aliphatic rings. The Bertz CT molecular complexity index is 504. The zero-order valence-electron chi connectivity index (χ0n) is 12.4. The summed E-state index contributed by atoms with van der Waals surface area (Å²) in [6.45, 7) is 1.55. The number of urea groups is 1. The van der Waals surface area contributed by atoms with Gasteiger partial charge < -0.3 is 10.2 Å². The van der Waals surface area contributed by atoms with E-state index in [9.17, 15) is 4.79 Å². The minimum absolute atomic E-state index is 0.122. The average Bonchev–Trinajstić information content (AvgIpc) is 2.70. The molecule has 21 heavy (non-hydrogen) atoms. The van der Waals surface area contributed by atoms with Crippen LogP contribution in [0.25, 0.3) is 0 Å². The summed E-state index contributed by atoms with van der Waals surface area (Å²) in [6.07, 6.45) is 10.1. The first-order chi connectivity index (χ1) is 10.3. The summed E-state index contributed by atoms with van der Waals surface area (Å²) in [5.74, 6) is 2.50. The monoisotopic (exact) mass is 285 g/mol. The molecule has 4 heteroatoms. The van der Waals surface area contributed by atoms with Crippen LogP contribution < -0.4 is 5.32 Å². The maximum atomic E-state index is 12.6. The average molecular weight is 285 g/mol. The van der Waals surface area contributed by atoms with Crippen LogP contribution in [0, 0.1) is 17.8 Å². The van der Waals surface area contributed by atoms with Gasteiger partial charge in [0.1, 0.15) is 0 Å². The third-order valence-electron chi connectivity index (χ3n) is 5.53. The standard InChI is InChI=1S/C17H23N3O/c21-17(19-10-12-2-1-3-18-9-12)20-11-15-5-13-4-14(6-15)8-16(20)7-13/h1-3,9,13-16H,4-8,10-11H2,(H,19,21)/t13-,14+,15?,16?. The van der Waals surface area contributed by atoms with E-state index >= 15 is 0 Å². The number of hydrogen-bond acceptors (Lipinski definition) is 2. The number of fused-ring (bicyclic) bond motifs is 1. The molecule has 1 N–H and O–H groups in total. The summed E-state index contributed by atoms with van der Waals surface area (Å²) >= 11 is 0. The van der Waals surface area contributed by atoms with Crippen molar-refractivity contribution in [3.05, 3.63) is 30.1 Å². The van der Waals surface area contributed by atoms with Crippen LogP contribution in [0.15, 0.2) is 24.5 Å². The first-order valence-corrected chi connectivity index (χ1v) is 8.21.